The number of benzene rings is 1. The lowest BCUT2D eigenvalue weighted by atomic mass is 10.1. The number of carbonyl (C=O) groups excluding carboxylic acids is 1. The highest BCUT2D eigenvalue weighted by Gasteiger charge is 2.39. The van der Waals surface area contributed by atoms with E-state index >= 15 is 0 Å². The molecule has 0 saturated carbocycles. The Morgan fingerprint density at radius 3 is 2.59 bits per heavy atom. The molecule has 29 heavy (non-hydrogen) atoms. The molecule has 0 saturated heterocycles. The summed E-state index contributed by atoms with van der Waals surface area (Å²) in [4.78, 5) is 16.1. The summed E-state index contributed by atoms with van der Waals surface area (Å²) in [5, 5.41) is 13.1. The van der Waals surface area contributed by atoms with Gasteiger partial charge in [-0.25, -0.2) is 8.42 Å². The fourth-order valence-electron chi connectivity index (χ4n) is 2.23. The van der Waals surface area contributed by atoms with Crippen LogP contribution in [-0.4, -0.2) is 55.1 Å². The Morgan fingerprint density at radius 2 is 2.00 bits per heavy atom. The second kappa shape index (κ2) is 7.55. The molecule has 10 nitrogen and oxygen atoms in total. The average Bonchev–Trinajstić information content (AvgIpc) is 3.05. The average molecular weight is 477 g/mol. The number of thioether (sulfide) groups is 1. The molecule has 2 aliphatic rings. The number of sulfone groups is 1. The van der Waals surface area contributed by atoms with Crippen LogP contribution in [0, 0.1) is 5.41 Å². The van der Waals surface area contributed by atoms with Crippen LogP contribution >= 0.6 is 23.4 Å². The Labute approximate surface area is 175 Å². The molecule has 0 atom stereocenters. The van der Waals surface area contributed by atoms with Gasteiger partial charge < -0.3 is 4.18 Å². The summed E-state index contributed by atoms with van der Waals surface area (Å²) in [6, 6.07) is 4.09. The van der Waals surface area contributed by atoms with E-state index in [2.05, 4.69) is 10.1 Å². The molecular weight excluding hydrogens is 464 g/mol. The standard InChI is InChI=1S/C15H13ClN4O6S3/c1-3-29(24,25)15-19-20-12(17)9(13(21)18-14(20)27-15)6-8-4-5-11(10(16)7-8)26-28(2,22)23/h4-7,17H,3H2,1-2H3/b9-6+,17-12?. The first-order chi connectivity index (χ1) is 13.4. The number of hydrogen-bond acceptors (Lipinski definition) is 9. The Hall–Kier alpha value is -2.22. The van der Waals surface area contributed by atoms with Crippen LogP contribution in [0.1, 0.15) is 12.5 Å². The van der Waals surface area contributed by atoms with E-state index in [0.29, 0.717) is 17.3 Å². The summed E-state index contributed by atoms with van der Waals surface area (Å²) >= 11 is 6.72. The second-order valence-corrected chi connectivity index (χ2v) is 11.2. The van der Waals surface area contributed by atoms with Gasteiger partial charge in [0, 0.05) is 0 Å². The molecule has 1 aromatic carbocycles. The van der Waals surface area contributed by atoms with Gasteiger partial charge in [-0.15, -0.1) is 5.10 Å². The summed E-state index contributed by atoms with van der Waals surface area (Å²) in [6.07, 6.45) is 2.19. The van der Waals surface area contributed by atoms with Crippen molar-refractivity contribution < 1.29 is 25.8 Å². The number of carbonyl (C=O) groups is 1. The molecule has 0 unspecified atom stereocenters. The molecule has 0 radical (unpaired) electrons. The van der Waals surface area contributed by atoms with Crippen molar-refractivity contribution in [3.63, 3.8) is 0 Å². The minimum atomic E-state index is -3.77. The third-order valence-electron chi connectivity index (χ3n) is 3.59. The number of amidine groups is 2. The van der Waals surface area contributed by atoms with Crippen molar-refractivity contribution in [1.29, 1.82) is 5.41 Å². The van der Waals surface area contributed by atoms with Crippen molar-refractivity contribution in [3.05, 3.63) is 34.4 Å². The first-order valence-electron chi connectivity index (χ1n) is 7.83. The number of amides is 1. The van der Waals surface area contributed by atoms with Crippen molar-refractivity contribution >= 4 is 70.7 Å². The maximum Gasteiger partial charge on any atom is 0.306 e. The van der Waals surface area contributed by atoms with Crippen LogP contribution < -0.4 is 4.18 Å². The van der Waals surface area contributed by atoms with E-state index in [1.807, 2.05) is 0 Å². The molecule has 0 aliphatic carbocycles. The largest absolute Gasteiger partial charge is 0.381 e. The molecule has 2 heterocycles. The zero-order valence-electron chi connectivity index (χ0n) is 14.9. The first-order valence-corrected chi connectivity index (χ1v) is 12.5. The fourth-order valence-corrected chi connectivity index (χ4v) is 5.14. The molecule has 0 fully saturated rings. The van der Waals surface area contributed by atoms with Gasteiger partial charge in [-0.3, -0.25) is 10.2 Å². The number of fused-ring (bicyclic) bond motifs is 1. The zero-order valence-corrected chi connectivity index (χ0v) is 18.1. The van der Waals surface area contributed by atoms with Crippen LogP contribution in [0.25, 0.3) is 6.08 Å². The molecule has 0 spiro atoms. The van der Waals surface area contributed by atoms with Gasteiger partial charge in [-0.2, -0.15) is 18.4 Å². The minimum Gasteiger partial charge on any atom is -0.381 e. The van der Waals surface area contributed by atoms with Gasteiger partial charge >= 0.3 is 10.1 Å². The quantitative estimate of drug-likeness (QED) is 0.510. The van der Waals surface area contributed by atoms with Crippen molar-refractivity contribution in [2.24, 2.45) is 10.1 Å². The maximum absolute atomic E-state index is 12.3. The molecule has 154 valence electrons. The summed E-state index contributed by atoms with van der Waals surface area (Å²) < 4.78 is 50.9. The monoisotopic (exact) mass is 476 g/mol. The Kier molecular flexibility index (Phi) is 5.60. The number of rotatable bonds is 4. The zero-order chi connectivity index (χ0) is 21.6. The number of aliphatic imine (C=N–C) groups is 1. The molecule has 2 aliphatic heterocycles. The van der Waals surface area contributed by atoms with Crippen molar-refractivity contribution in [3.8, 4) is 5.75 Å². The van der Waals surface area contributed by atoms with E-state index in [1.165, 1.54) is 31.2 Å². The molecule has 1 N–H and O–H groups in total. The Bertz CT molecular complexity index is 1230. The van der Waals surface area contributed by atoms with E-state index in [-0.39, 0.29) is 37.5 Å². The third-order valence-corrected chi connectivity index (χ3v) is 7.46. The summed E-state index contributed by atoms with van der Waals surface area (Å²) in [5.41, 5.74) is 0.237. The minimum absolute atomic E-state index is 0.0147. The SMILES string of the molecule is CCS(=O)(=O)C1=NN2C(=N)/C(=C\c3ccc(OS(C)(=O)=O)c(Cl)c3)C(=O)N=C2S1. The highest BCUT2D eigenvalue weighted by Crippen LogP contribution is 2.32. The van der Waals surface area contributed by atoms with Crippen molar-refractivity contribution in [2.45, 2.75) is 6.92 Å². The first kappa shape index (κ1) is 21.5. The topological polar surface area (TPSA) is 146 Å². The third kappa shape index (κ3) is 4.52. The lowest BCUT2D eigenvalue weighted by molar-refractivity contribution is -0.114. The van der Waals surface area contributed by atoms with E-state index in [4.69, 9.17) is 21.2 Å². The Morgan fingerprint density at radius 1 is 1.31 bits per heavy atom. The normalized spacial score (nSPS) is 18.6. The molecule has 0 bridgehead atoms. The molecule has 14 heteroatoms. The molecule has 1 amide bonds. The maximum atomic E-state index is 12.3. The van der Waals surface area contributed by atoms with Gasteiger partial charge in [0.1, 0.15) is 0 Å². The van der Waals surface area contributed by atoms with Crippen molar-refractivity contribution in [2.75, 3.05) is 12.0 Å². The fraction of sp³-hybridized carbons (Fsp3) is 0.200. The van der Waals surface area contributed by atoms with Gasteiger partial charge in [0.15, 0.2) is 11.6 Å². The van der Waals surface area contributed by atoms with Gasteiger partial charge in [0.05, 0.1) is 22.6 Å². The van der Waals surface area contributed by atoms with Crippen LogP contribution in [0.2, 0.25) is 5.02 Å². The molecule has 3 rings (SSSR count). The highest BCUT2D eigenvalue weighted by atomic mass is 35.5. The lowest BCUT2D eigenvalue weighted by Gasteiger charge is -2.20. The number of hydrazone groups is 1. The van der Waals surface area contributed by atoms with E-state index in [0.717, 1.165) is 11.3 Å². The molecule has 1 aromatic rings. The second-order valence-electron chi connectivity index (χ2n) is 5.77. The lowest BCUT2D eigenvalue weighted by Crippen LogP contribution is -2.35. The summed E-state index contributed by atoms with van der Waals surface area (Å²) in [5.74, 6) is -1.35. The van der Waals surface area contributed by atoms with Crippen LogP contribution in [0.15, 0.2) is 33.9 Å². The predicted octanol–water partition coefficient (Wildman–Crippen LogP) is 1.69. The Balaban J connectivity index is 1.95. The number of nitrogens with zero attached hydrogens (tertiary/aromatic N) is 3. The van der Waals surface area contributed by atoms with Gasteiger partial charge in [-0.05, 0) is 35.5 Å². The van der Waals surface area contributed by atoms with E-state index in [9.17, 15) is 21.6 Å². The van der Waals surface area contributed by atoms with Crippen LogP contribution in [0.5, 0.6) is 5.75 Å². The van der Waals surface area contributed by atoms with E-state index < -0.39 is 25.9 Å². The van der Waals surface area contributed by atoms with Gasteiger partial charge in [0.25, 0.3) is 5.91 Å². The number of nitrogens with one attached hydrogen (secondary N) is 1. The van der Waals surface area contributed by atoms with E-state index in [1.54, 1.807) is 0 Å². The van der Waals surface area contributed by atoms with Gasteiger partial charge in [-0.1, -0.05) is 24.6 Å². The highest BCUT2D eigenvalue weighted by molar-refractivity contribution is 8.42. The van der Waals surface area contributed by atoms with Crippen LogP contribution in [-0.2, 0) is 24.7 Å². The predicted molar refractivity (Wildman–Crippen MR) is 111 cm³/mol. The number of hydrogen-bond donors (Lipinski definition) is 1. The van der Waals surface area contributed by atoms with Gasteiger partial charge in [0.2, 0.25) is 19.4 Å². The molecular formula is C15H13ClN4O6S3. The van der Waals surface area contributed by atoms with Crippen LogP contribution in [0.3, 0.4) is 0 Å². The van der Waals surface area contributed by atoms with Crippen LogP contribution in [0.4, 0.5) is 0 Å². The summed E-state index contributed by atoms with van der Waals surface area (Å²) in [7, 11) is -7.38. The number of halogens is 1. The smallest absolute Gasteiger partial charge is 0.306 e. The summed E-state index contributed by atoms with van der Waals surface area (Å²) in [6.45, 7) is 1.46. The molecule has 0 aromatic heterocycles. The van der Waals surface area contributed by atoms with Crippen molar-refractivity contribution in [1.82, 2.24) is 5.01 Å².